The van der Waals surface area contributed by atoms with Crippen molar-refractivity contribution in [1.82, 2.24) is 14.9 Å². The number of hydrogen-bond donors (Lipinski definition) is 1. The topological polar surface area (TPSA) is 39.1 Å². The first-order valence-corrected chi connectivity index (χ1v) is 7.19. The summed E-state index contributed by atoms with van der Waals surface area (Å²) in [7, 11) is 0. The van der Waals surface area contributed by atoms with Gasteiger partial charge < -0.3 is 14.6 Å². The summed E-state index contributed by atoms with van der Waals surface area (Å²) in [6.45, 7) is 7.70. The standard InChI is InChI=1S/C16H22FN3O/c1-12(2)19-11-14-5-4-6-15(17)16(14)21-10-9-20-8-7-18-13(20)3/h4-8,12,19H,9-11H2,1-3H3. The van der Waals surface area contributed by atoms with Crippen LogP contribution in [0.1, 0.15) is 25.2 Å². The summed E-state index contributed by atoms with van der Waals surface area (Å²) in [6.07, 6.45) is 3.64. The van der Waals surface area contributed by atoms with E-state index in [0.29, 0.717) is 31.5 Å². The fourth-order valence-corrected chi connectivity index (χ4v) is 2.05. The molecule has 0 saturated carbocycles. The number of rotatable bonds is 7. The number of para-hydroxylation sites is 1. The Bertz CT molecular complexity index is 581. The largest absolute Gasteiger partial charge is 0.488 e. The quantitative estimate of drug-likeness (QED) is 0.852. The highest BCUT2D eigenvalue weighted by atomic mass is 19.1. The van der Waals surface area contributed by atoms with Crippen LogP contribution in [0.3, 0.4) is 0 Å². The van der Waals surface area contributed by atoms with Gasteiger partial charge in [0.1, 0.15) is 12.4 Å². The van der Waals surface area contributed by atoms with Crippen LogP contribution in [0, 0.1) is 12.7 Å². The van der Waals surface area contributed by atoms with Gasteiger partial charge in [0.05, 0.1) is 6.54 Å². The molecule has 0 atom stereocenters. The van der Waals surface area contributed by atoms with Crippen LogP contribution in [-0.2, 0) is 13.1 Å². The van der Waals surface area contributed by atoms with Crippen LogP contribution in [0.15, 0.2) is 30.6 Å². The van der Waals surface area contributed by atoms with Crippen molar-refractivity contribution in [3.05, 3.63) is 47.8 Å². The number of ether oxygens (including phenoxy) is 1. The van der Waals surface area contributed by atoms with E-state index in [0.717, 1.165) is 11.4 Å². The van der Waals surface area contributed by atoms with Gasteiger partial charge in [0, 0.05) is 30.5 Å². The normalized spacial score (nSPS) is 11.1. The number of halogens is 1. The molecule has 0 radical (unpaired) electrons. The van der Waals surface area contributed by atoms with E-state index in [1.165, 1.54) is 6.07 Å². The Labute approximate surface area is 125 Å². The van der Waals surface area contributed by atoms with Gasteiger partial charge in [-0.3, -0.25) is 0 Å². The molecule has 0 bridgehead atoms. The zero-order chi connectivity index (χ0) is 15.2. The summed E-state index contributed by atoms with van der Waals surface area (Å²) >= 11 is 0. The van der Waals surface area contributed by atoms with Gasteiger partial charge >= 0.3 is 0 Å². The smallest absolute Gasteiger partial charge is 0.165 e. The van der Waals surface area contributed by atoms with E-state index in [1.54, 1.807) is 12.3 Å². The Hall–Kier alpha value is -1.88. The number of nitrogens with one attached hydrogen (secondary N) is 1. The van der Waals surface area contributed by atoms with Gasteiger partial charge in [-0.15, -0.1) is 0 Å². The van der Waals surface area contributed by atoms with E-state index >= 15 is 0 Å². The number of benzene rings is 1. The molecule has 21 heavy (non-hydrogen) atoms. The molecule has 1 aromatic heterocycles. The highest BCUT2D eigenvalue weighted by Gasteiger charge is 2.10. The molecule has 0 amide bonds. The Kier molecular flexibility index (Phi) is 5.33. The van der Waals surface area contributed by atoms with Gasteiger partial charge in [0.15, 0.2) is 11.6 Å². The van der Waals surface area contributed by atoms with Crippen molar-refractivity contribution in [2.75, 3.05) is 6.61 Å². The van der Waals surface area contributed by atoms with Gasteiger partial charge in [0.25, 0.3) is 0 Å². The molecule has 0 saturated heterocycles. The predicted octanol–water partition coefficient (Wildman–Crippen LogP) is 2.91. The molecule has 1 aromatic carbocycles. The van der Waals surface area contributed by atoms with E-state index in [9.17, 15) is 4.39 Å². The van der Waals surface area contributed by atoms with Gasteiger partial charge in [0.2, 0.25) is 0 Å². The highest BCUT2D eigenvalue weighted by molar-refractivity contribution is 5.34. The summed E-state index contributed by atoms with van der Waals surface area (Å²) in [6, 6.07) is 5.36. The molecule has 114 valence electrons. The maximum absolute atomic E-state index is 13.9. The second kappa shape index (κ2) is 7.22. The second-order valence-corrected chi connectivity index (χ2v) is 5.28. The van der Waals surface area contributed by atoms with Gasteiger partial charge in [-0.1, -0.05) is 26.0 Å². The van der Waals surface area contributed by atoms with Crippen LogP contribution in [0.5, 0.6) is 5.75 Å². The van der Waals surface area contributed by atoms with Crippen LogP contribution >= 0.6 is 0 Å². The second-order valence-electron chi connectivity index (χ2n) is 5.28. The molecule has 1 heterocycles. The molecule has 0 unspecified atom stereocenters. The van der Waals surface area contributed by atoms with Crippen molar-refractivity contribution in [3.63, 3.8) is 0 Å². The first-order valence-electron chi connectivity index (χ1n) is 7.19. The Balaban J connectivity index is 1.99. The third-order valence-electron chi connectivity index (χ3n) is 3.25. The van der Waals surface area contributed by atoms with Gasteiger partial charge in [-0.05, 0) is 13.0 Å². The summed E-state index contributed by atoms with van der Waals surface area (Å²) in [4.78, 5) is 4.15. The third kappa shape index (κ3) is 4.29. The van der Waals surface area contributed by atoms with Crippen molar-refractivity contribution in [2.45, 2.75) is 39.9 Å². The molecule has 5 heteroatoms. The molecule has 2 aromatic rings. The fourth-order valence-electron chi connectivity index (χ4n) is 2.05. The first-order chi connectivity index (χ1) is 10.1. The van der Waals surface area contributed by atoms with Crippen molar-refractivity contribution in [3.8, 4) is 5.75 Å². The van der Waals surface area contributed by atoms with Gasteiger partial charge in [-0.25, -0.2) is 9.37 Å². The van der Waals surface area contributed by atoms with E-state index in [1.807, 2.05) is 23.8 Å². The molecular weight excluding hydrogens is 269 g/mol. The molecule has 0 spiro atoms. The first kappa shape index (κ1) is 15.5. The molecule has 0 aliphatic rings. The summed E-state index contributed by atoms with van der Waals surface area (Å²) in [5.74, 6) is 0.942. The van der Waals surface area contributed by atoms with E-state index < -0.39 is 0 Å². The molecule has 0 aliphatic carbocycles. The van der Waals surface area contributed by atoms with Crippen molar-refractivity contribution < 1.29 is 9.13 Å². The van der Waals surface area contributed by atoms with Crippen LogP contribution in [-0.4, -0.2) is 22.2 Å². The average molecular weight is 291 g/mol. The lowest BCUT2D eigenvalue weighted by Crippen LogP contribution is -2.22. The maximum atomic E-state index is 13.9. The molecule has 4 nitrogen and oxygen atoms in total. The molecular formula is C16H22FN3O. The van der Waals surface area contributed by atoms with E-state index in [4.69, 9.17) is 4.74 Å². The Morgan fingerprint density at radius 1 is 1.38 bits per heavy atom. The summed E-state index contributed by atoms with van der Waals surface area (Å²) < 4.78 is 21.6. The van der Waals surface area contributed by atoms with Crippen molar-refractivity contribution >= 4 is 0 Å². The van der Waals surface area contributed by atoms with Crippen molar-refractivity contribution in [2.24, 2.45) is 0 Å². The van der Waals surface area contributed by atoms with Gasteiger partial charge in [-0.2, -0.15) is 0 Å². The zero-order valence-corrected chi connectivity index (χ0v) is 12.8. The highest BCUT2D eigenvalue weighted by Crippen LogP contribution is 2.22. The number of aromatic nitrogens is 2. The van der Waals surface area contributed by atoms with Crippen LogP contribution in [0.2, 0.25) is 0 Å². The van der Waals surface area contributed by atoms with Crippen LogP contribution < -0.4 is 10.1 Å². The number of imidazole rings is 1. The SMILES string of the molecule is Cc1nccn1CCOc1c(F)cccc1CNC(C)C. The number of hydrogen-bond acceptors (Lipinski definition) is 3. The fraction of sp³-hybridized carbons (Fsp3) is 0.438. The van der Waals surface area contributed by atoms with E-state index in [-0.39, 0.29) is 5.82 Å². The summed E-state index contributed by atoms with van der Waals surface area (Å²) in [5.41, 5.74) is 0.839. The molecule has 2 rings (SSSR count). The van der Waals surface area contributed by atoms with Crippen LogP contribution in [0.25, 0.3) is 0 Å². The zero-order valence-electron chi connectivity index (χ0n) is 12.8. The number of aryl methyl sites for hydroxylation is 1. The third-order valence-corrected chi connectivity index (χ3v) is 3.25. The maximum Gasteiger partial charge on any atom is 0.165 e. The Morgan fingerprint density at radius 2 is 2.19 bits per heavy atom. The lowest BCUT2D eigenvalue weighted by Gasteiger charge is -2.15. The molecule has 0 fully saturated rings. The average Bonchev–Trinajstić information content (AvgIpc) is 2.84. The minimum absolute atomic E-state index is 0.319. The minimum Gasteiger partial charge on any atom is -0.488 e. The van der Waals surface area contributed by atoms with E-state index in [2.05, 4.69) is 24.1 Å². The Morgan fingerprint density at radius 3 is 2.86 bits per heavy atom. The monoisotopic (exact) mass is 291 g/mol. The number of nitrogens with zero attached hydrogens (tertiary/aromatic N) is 2. The predicted molar refractivity (Wildman–Crippen MR) is 80.8 cm³/mol. The van der Waals surface area contributed by atoms with Crippen LogP contribution in [0.4, 0.5) is 4.39 Å². The molecule has 1 N–H and O–H groups in total. The summed E-state index contributed by atoms with van der Waals surface area (Å²) in [5, 5.41) is 3.28. The lowest BCUT2D eigenvalue weighted by atomic mass is 10.2. The lowest BCUT2D eigenvalue weighted by molar-refractivity contribution is 0.279. The minimum atomic E-state index is -0.319. The van der Waals surface area contributed by atoms with Crippen molar-refractivity contribution in [1.29, 1.82) is 0 Å². The molecule has 0 aliphatic heterocycles.